The molecule has 1 saturated carbocycles. The molecule has 1 fully saturated rings. The number of ether oxygens (including phenoxy) is 1. The Hall–Kier alpha value is -1.09. The summed E-state index contributed by atoms with van der Waals surface area (Å²) >= 11 is 0. The smallest absolute Gasteiger partial charge is 0.131 e. The molecule has 1 aromatic rings. The van der Waals surface area contributed by atoms with Crippen molar-refractivity contribution in [2.24, 2.45) is 0 Å². The molecular weight excluding hydrogens is 200 g/mol. The first-order chi connectivity index (χ1) is 7.90. The summed E-state index contributed by atoms with van der Waals surface area (Å²) in [6.07, 6.45) is 7.18. The molecule has 88 valence electrons. The summed E-state index contributed by atoms with van der Waals surface area (Å²) in [4.78, 5) is 4.35. The summed E-state index contributed by atoms with van der Waals surface area (Å²) in [5.74, 6) is 0.976. The molecule has 0 amide bonds. The van der Waals surface area contributed by atoms with E-state index in [-0.39, 0.29) is 0 Å². The van der Waals surface area contributed by atoms with Crippen LogP contribution in [0.4, 0.5) is 5.82 Å². The first kappa shape index (κ1) is 11.4. The van der Waals surface area contributed by atoms with Gasteiger partial charge in [0.15, 0.2) is 0 Å². The minimum absolute atomic E-state index is 0.485. The zero-order valence-electron chi connectivity index (χ0n) is 9.91. The first-order valence-electron chi connectivity index (χ1n) is 6.19. The molecule has 2 rings (SSSR count). The third kappa shape index (κ3) is 2.95. The van der Waals surface area contributed by atoms with Gasteiger partial charge in [-0.05, 0) is 31.7 Å². The van der Waals surface area contributed by atoms with E-state index in [0.717, 1.165) is 18.8 Å². The molecule has 0 radical (unpaired) electrons. The zero-order chi connectivity index (χ0) is 11.2. The Morgan fingerprint density at radius 1 is 1.50 bits per heavy atom. The highest BCUT2D eigenvalue weighted by Gasteiger charge is 2.18. The highest BCUT2D eigenvalue weighted by Crippen LogP contribution is 2.24. The predicted octanol–water partition coefficient (Wildman–Crippen LogP) is 2.97. The molecule has 3 heteroatoms. The second-order valence-corrected chi connectivity index (χ2v) is 4.30. The Labute approximate surface area is 97.2 Å². The van der Waals surface area contributed by atoms with Gasteiger partial charge in [0, 0.05) is 18.3 Å². The zero-order valence-corrected chi connectivity index (χ0v) is 9.91. The lowest BCUT2D eigenvalue weighted by Crippen LogP contribution is -2.21. The SMILES string of the molecule is CCCNc1ncccc1COC1CCC1. The van der Waals surface area contributed by atoms with Crippen LogP contribution in [0.3, 0.4) is 0 Å². The van der Waals surface area contributed by atoms with Gasteiger partial charge in [0.25, 0.3) is 0 Å². The Bertz CT molecular complexity index is 323. The van der Waals surface area contributed by atoms with Crippen LogP contribution in [0.2, 0.25) is 0 Å². The number of anilines is 1. The summed E-state index contributed by atoms with van der Waals surface area (Å²) in [7, 11) is 0. The normalized spacial score (nSPS) is 15.8. The number of hydrogen-bond acceptors (Lipinski definition) is 3. The van der Waals surface area contributed by atoms with Gasteiger partial charge in [0.05, 0.1) is 12.7 Å². The van der Waals surface area contributed by atoms with Crippen LogP contribution in [0.5, 0.6) is 0 Å². The van der Waals surface area contributed by atoms with E-state index in [1.54, 1.807) is 0 Å². The van der Waals surface area contributed by atoms with E-state index in [0.29, 0.717) is 12.7 Å². The summed E-state index contributed by atoms with van der Waals surface area (Å²) in [5, 5.41) is 3.33. The van der Waals surface area contributed by atoms with Gasteiger partial charge in [-0.15, -0.1) is 0 Å². The van der Waals surface area contributed by atoms with Crippen molar-refractivity contribution in [2.75, 3.05) is 11.9 Å². The molecule has 0 saturated heterocycles. The van der Waals surface area contributed by atoms with Crippen LogP contribution < -0.4 is 5.32 Å². The molecule has 0 aromatic carbocycles. The molecule has 0 spiro atoms. The standard InChI is InChI=1S/C13H20N2O/c1-2-8-14-13-11(5-4-9-15-13)10-16-12-6-3-7-12/h4-5,9,12H,2-3,6-8,10H2,1H3,(H,14,15). The van der Waals surface area contributed by atoms with Crippen molar-refractivity contribution >= 4 is 5.82 Å². The predicted molar refractivity (Wildman–Crippen MR) is 65.4 cm³/mol. The van der Waals surface area contributed by atoms with Gasteiger partial charge in [-0.1, -0.05) is 13.0 Å². The van der Waals surface area contributed by atoms with Crippen molar-refractivity contribution in [2.45, 2.75) is 45.3 Å². The Morgan fingerprint density at radius 3 is 3.06 bits per heavy atom. The molecule has 1 aliphatic rings. The fourth-order valence-electron chi connectivity index (χ4n) is 1.70. The number of pyridine rings is 1. The van der Waals surface area contributed by atoms with E-state index in [4.69, 9.17) is 4.74 Å². The summed E-state index contributed by atoms with van der Waals surface area (Å²) in [5.41, 5.74) is 1.17. The molecule has 0 unspecified atom stereocenters. The molecule has 1 aromatic heterocycles. The quantitative estimate of drug-likeness (QED) is 0.800. The maximum absolute atomic E-state index is 5.80. The number of hydrogen-bond donors (Lipinski definition) is 1. The molecule has 16 heavy (non-hydrogen) atoms. The van der Waals surface area contributed by atoms with Gasteiger partial charge in [-0.2, -0.15) is 0 Å². The van der Waals surface area contributed by atoms with Gasteiger partial charge in [-0.25, -0.2) is 4.98 Å². The van der Waals surface area contributed by atoms with Crippen LogP contribution in [0.25, 0.3) is 0 Å². The van der Waals surface area contributed by atoms with Gasteiger partial charge >= 0.3 is 0 Å². The van der Waals surface area contributed by atoms with E-state index < -0.39 is 0 Å². The highest BCUT2D eigenvalue weighted by molar-refractivity contribution is 5.43. The van der Waals surface area contributed by atoms with Crippen LogP contribution in [0.15, 0.2) is 18.3 Å². The second kappa shape index (κ2) is 5.85. The van der Waals surface area contributed by atoms with E-state index in [1.807, 2.05) is 12.3 Å². The van der Waals surface area contributed by atoms with E-state index >= 15 is 0 Å². The van der Waals surface area contributed by atoms with Crippen molar-refractivity contribution in [3.05, 3.63) is 23.9 Å². The van der Waals surface area contributed by atoms with E-state index in [1.165, 1.54) is 24.8 Å². The maximum Gasteiger partial charge on any atom is 0.131 e. The molecule has 0 aliphatic heterocycles. The number of rotatable bonds is 6. The summed E-state index contributed by atoms with van der Waals surface area (Å²) < 4.78 is 5.80. The molecule has 1 N–H and O–H groups in total. The minimum Gasteiger partial charge on any atom is -0.373 e. The van der Waals surface area contributed by atoms with Crippen molar-refractivity contribution < 1.29 is 4.74 Å². The first-order valence-corrected chi connectivity index (χ1v) is 6.19. The Kier molecular flexibility index (Phi) is 4.17. The third-order valence-corrected chi connectivity index (χ3v) is 2.96. The number of aromatic nitrogens is 1. The van der Waals surface area contributed by atoms with Gasteiger partial charge in [-0.3, -0.25) is 0 Å². The summed E-state index contributed by atoms with van der Waals surface area (Å²) in [6, 6.07) is 4.06. The second-order valence-electron chi connectivity index (χ2n) is 4.30. The number of nitrogens with zero attached hydrogens (tertiary/aromatic N) is 1. The molecule has 0 bridgehead atoms. The van der Waals surface area contributed by atoms with Crippen LogP contribution in [0.1, 0.15) is 38.2 Å². The molecular formula is C13H20N2O. The Balaban J connectivity index is 1.89. The van der Waals surface area contributed by atoms with Crippen LogP contribution in [-0.2, 0) is 11.3 Å². The fourth-order valence-corrected chi connectivity index (χ4v) is 1.70. The van der Waals surface area contributed by atoms with Crippen molar-refractivity contribution in [3.63, 3.8) is 0 Å². The van der Waals surface area contributed by atoms with Crippen LogP contribution in [0, 0.1) is 0 Å². The Morgan fingerprint density at radius 2 is 2.38 bits per heavy atom. The number of nitrogens with one attached hydrogen (secondary N) is 1. The van der Waals surface area contributed by atoms with Crippen LogP contribution >= 0.6 is 0 Å². The van der Waals surface area contributed by atoms with Crippen molar-refractivity contribution in [1.29, 1.82) is 0 Å². The van der Waals surface area contributed by atoms with E-state index in [9.17, 15) is 0 Å². The fraction of sp³-hybridized carbons (Fsp3) is 0.615. The topological polar surface area (TPSA) is 34.2 Å². The van der Waals surface area contributed by atoms with Crippen molar-refractivity contribution in [1.82, 2.24) is 4.98 Å². The van der Waals surface area contributed by atoms with Crippen LogP contribution in [-0.4, -0.2) is 17.6 Å². The minimum atomic E-state index is 0.485. The molecule has 1 aliphatic carbocycles. The highest BCUT2D eigenvalue weighted by atomic mass is 16.5. The third-order valence-electron chi connectivity index (χ3n) is 2.96. The summed E-state index contributed by atoms with van der Waals surface area (Å²) in [6.45, 7) is 3.80. The van der Waals surface area contributed by atoms with Gasteiger partial charge in [0.2, 0.25) is 0 Å². The van der Waals surface area contributed by atoms with Gasteiger partial charge < -0.3 is 10.1 Å². The molecule has 0 atom stereocenters. The average Bonchev–Trinajstić information content (AvgIpc) is 2.26. The lowest BCUT2D eigenvalue weighted by atomic mass is 9.96. The molecule has 1 heterocycles. The lowest BCUT2D eigenvalue weighted by molar-refractivity contribution is -0.00852. The monoisotopic (exact) mass is 220 g/mol. The lowest BCUT2D eigenvalue weighted by Gasteiger charge is -2.25. The average molecular weight is 220 g/mol. The largest absolute Gasteiger partial charge is 0.373 e. The van der Waals surface area contributed by atoms with Gasteiger partial charge in [0.1, 0.15) is 5.82 Å². The van der Waals surface area contributed by atoms with E-state index in [2.05, 4.69) is 23.3 Å². The maximum atomic E-state index is 5.80. The van der Waals surface area contributed by atoms with Crippen molar-refractivity contribution in [3.8, 4) is 0 Å². The molecule has 3 nitrogen and oxygen atoms in total.